The molecule has 2 amide bonds. The van der Waals surface area contributed by atoms with E-state index in [2.05, 4.69) is 15.0 Å². The van der Waals surface area contributed by atoms with E-state index in [1.165, 1.54) is 0 Å². The number of hydrogen-bond acceptors (Lipinski definition) is 7. The molecule has 0 radical (unpaired) electrons. The average Bonchev–Trinajstić information content (AvgIpc) is 3.01. The molecule has 9 nitrogen and oxygen atoms in total. The predicted octanol–water partition coefficient (Wildman–Crippen LogP) is -0.169. The molecule has 0 aliphatic carbocycles. The summed E-state index contributed by atoms with van der Waals surface area (Å²) < 4.78 is 11.1. The van der Waals surface area contributed by atoms with Crippen LogP contribution in [0.15, 0.2) is 4.52 Å². The Kier molecular flexibility index (Phi) is 5.33. The highest BCUT2D eigenvalue weighted by atomic mass is 16.5. The third kappa shape index (κ3) is 4.35. The van der Waals surface area contributed by atoms with Crippen LogP contribution < -0.4 is 0 Å². The molecular weight excluding hydrogens is 326 g/mol. The molecule has 1 aromatic heterocycles. The number of amides is 2. The second kappa shape index (κ2) is 7.49. The van der Waals surface area contributed by atoms with Gasteiger partial charge in [-0.1, -0.05) is 5.16 Å². The fourth-order valence-corrected chi connectivity index (χ4v) is 3.31. The first-order valence-corrected chi connectivity index (χ1v) is 8.63. The lowest BCUT2D eigenvalue weighted by Crippen LogP contribution is -2.53. The van der Waals surface area contributed by atoms with Crippen molar-refractivity contribution in [1.82, 2.24) is 24.8 Å². The molecule has 3 heterocycles. The summed E-state index contributed by atoms with van der Waals surface area (Å²) in [5.74, 6) is 1.17. The number of piperazine rings is 1. The fourth-order valence-electron chi connectivity index (χ4n) is 3.31. The van der Waals surface area contributed by atoms with Gasteiger partial charge >= 0.3 is 0 Å². The molecule has 2 aliphatic heterocycles. The highest BCUT2D eigenvalue weighted by Crippen LogP contribution is 2.24. The number of morpholine rings is 1. The highest BCUT2D eigenvalue weighted by molar-refractivity contribution is 5.79. The number of carbonyl (C=O) groups excluding carboxylic acids is 2. The van der Waals surface area contributed by atoms with E-state index in [1.807, 2.05) is 11.8 Å². The first kappa shape index (κ1) is 17.8. The van der Waals surface area contributed by atoms with Gasteiger partial charge in [0.05, 0.1) is 12.6 Å². The van der Waals surface area contributed by atoms with Crippen LogP contribution in [0, 0.1) is 6.92 Å². The van der Waals surface area contributed by atoms with Crippen LogP contribution >= 0.6 is 0 Å². The summed E-state index contributed by atoms with van der Waals surface area (Å²) in [5, 5.41) is 3.81. The summed E-state index contributed by atoms with van der Waals surface area (Å²) in [4.78, 5) is 33.9. The third-order valence-corrected chi connectivity index (χ3v) is 4.59. The summed E-state index contributed by atoms with van der Waals surface area (Å²) in [7, 11) is 0. The van der Waals surface area contributed by atoms with Crippen molar-refractivity contribution in [3.63, 3.8) is 0 Å². The number of aromatic nitrogens is 2. The van der Waals surface area contributed by atoms with Gasteiger partial charge in [0.2, 0.25) is 11.8 Å². The lowest BCUT2D eigenvalue weighted by atomic mass is 10.2. The van der Waals surface area contributed by atoms with E-state index in [0.717, 1.165) is 0 Å². The minimum atomic E-state index is -0.313. The molecule has 2 fully saturated rings. The van der Waals surface area contributed by atoms with Crippen LogP contribution in [0.25, 0.3) is 0 Å². The number of ether oxygens (including phenoxy) is 1. The summed E-state index contributed by atoms with van der Waals surface area (Å²) >= 11 is 0. The van der Waals surface area contributed by atoms with Crippen molar-refractivity contribution in [3.8, 4) is 0 Å². The SMILES string of the molecule is CC(=O)N1CCN(C(=O)CN2C[C@@H](C)O[C@@H](c3nc(C)no3)C2)CC1. The molecule has 0 bridgehead atoms. The predicted molar refractivity (Wildman–Crippen MR) is 87.6 cm³/mol. The molecule has 2 aliphatic rings. The third-order valence-electron chi connectivity index (χ3n) is 4.59. The zero-order valence-corrected chi connectivity index (χ0v) is 15.0. The number of carbonyl (C=O) groups is 2. The van der Waals surface area contributed by atoms with Gasteiger partial charge in [-0.15, -0.1) is 0 Å². The van der Waals surface area contributed by atoms with Crippen molar-refractivity contribution >= 4 is 11.8 Å². The van der Waals surface area contributed by atoms with Crippen molar-refractivity contribution in [3.05, 3.63) is 11.7 Å². The summed E-state index contributed by atoms with van der Waals surface area (Å²) in [6.07, 6.45) is -0.333. The Labute approximate surface area is 146 Å². The normalized spacial score (nSPS) is 25.2. The van der Waals surface area contributed by atoms with Crippen LogP contribution in [0.3, 0.4) is 0 Å². The van der Waals surface area contributed by atoms with Gasteiger partial charge in [0.15, 0.2) is 5.82 Å². The first-order valence-electron chi connectivity index (χ1n) is 8.63. The van der Waals surface area contributed by atoms with E-state index in [9.17, 15) is 9.59 Å². The van der Waals surface area contributed by atoms with Crippen LogP contribution in [0.1, 0.15) is 31.7 Å². The van der Waals surface area contributed by atoms with E-state index in [0.29, 0.717) is 57.5 Å². The van der Waals surface area contributed by atoms with Crippen LogP contribution in [-0.2, 0) is 14.3 Å². The van der Waals surface area contributed by atoms with E-state index < -0.39 is 0 Å². The van der Waals surface area contributed by atoms with Crippen molar-refractivity contribution in [2.45, 2.75) is 33.0 Å². The van der Waals surface area contributed by atoms with E-state index in [-0.39, 0.29) is 24.0 Å². The molecule has 138 valence electrons. The largest absolute Gasteiger partial charge is 0.363 e. The van der Waals surface area contributed by atoms with Gasteiger partial charge in [0.1, 0.15) is 6.10 Å². The zero-order chi connectivity index (χ0) is 18.0. The number of rotatable bonds is 3. The van der Waals surface area contributed by atoms with Crippen molar-refractivity contribution < 1.29 is 18.8 Å². The minimum Gasteiger partial charge on any atom is -0.363 e. The molecule has 3 rings (SSSR count). The fraction of sp³-hybridized carbons (Fsp3) is 0.750. The Balaban J connectivity index is 1.55. The van der Waals surface area contributed by atoms with Crippen LogP contribution in [0.4, 0.5) is 0 Å². The Morgan fingerprint density at radius 1 is 1.16 bits per heavy atom. The van der Waals surface area contributed by atoms with E-state index in [1.54, 1.807) is 18.7 Å². The molecule has 2 saturated heterocycles. The van der Waals surface area contributed by atoms with Gasteiger partial charge < -0.3 is 19.1 Å². The quantitative estimate of drug-likeness (QED) is 0.746. The Morgan fingerprint density at radius 3 is 2.44 bits per heavy atom. The molecular formula is C16H25N5O4. The van der Waals surface area contributed by atoms with Gasteiger partial charge in [0, 0.05) is 46.2 Å². The molecule has 0 spiro atoms. The number of nitrogens with zero attached hydrogens (tertiary/aromatic N) is 5. The molecule has 0 N–H and O–H groups in total. The minimum absolute atomic E-state index is 0.0201. The second-order valence-electron chi connectivity index (χ2n) is 6.70. The maximum absolute atomic E-state index is 12.6. The first-order chi connectivity index (χ1) is 11.9. The average molecular weight is 351 g/mol. The molecule has 1 aromatic rings. The van der Waals surface area contributed by atoms with Gasteiger partial charge in [-0.3, -0.25) is 14.5 Å². The highest BCUT2D eigenvalue weighted by Gasteiger charge is 2.32. The monoisotopic (exact) mass is 351 g/mol. The number of aryl methyl sites for hydroxylation is 1. The standard InChI is InChI=1S/C16H25N5O4/c1-11-8-19(9-14(24-11)16-17-12(2)18-25-16)10-15(23)21-6-4-20(5-7-21)13(3)22/h11,14H,4-10H2,1-3H3/t11-,14-/m1/s1. The van der Waals surface area contributed by atoms with Crippen molar-refractivity contribution in [1.29, 1.82) is 0 Å². The molecule has 0 unspecified atom stereocenters. The van der Waals surface area contributed by atoms with Gasteiger partial charge in [-0.2, -0.15) is 4.98 Å². The second-order valence-corrected chi connectivity index (χ2v) is 6.70. The molecule has 9 heteroatoms. The summed E-state index contributed by atoms with van der Waals surface area (Å²) in [6, 6.07) is 0. The smallest absolute Gasteiger partial charge is 0.257 e. The topological polar surface area (TPSA) is 92.0 Å². The number of hydrogen-bond donors (Lipinski definition) is 0. The molecule has 25 heavy (non-hydrogen) atoms. The zero-order valence-electron chi connectivity index (χ0n) is 15.0. The van der Waals surface area contributed by atoms with Crippen molar-refractivity contribution in [2.75, 3.05) is 45.8 Å². The Hall–Kier alpha value is -2.00. The molecule has 0 aromatic carbocycles. The van der Waals surface area contributed by atoms with Gasteiger partial charge in [-0.05, 0) is 13.8 Å². The Morgan fingerprint density at radius 2 is 1.84 bits per heavy atom. The molecule has 2 atom stereocenters. The van der Waals surface area contributed by atoms with Gasteiger partial charge in [-0.25, -0.2) is 0 Å². The van der Waals surface area contributed by atoms with Gasteiger partial charge in [0.25, 0.3) is 5.89 Å². The lowest BCUT2D eigenvalue weighted by Gasteiger charge is -2.38. The summed E-state index contributed by atoms with van der Waals surface area (Å²) in [6.45, 7) is 9.24. The van der Waals surface area contributed by atoms with Crippen LogP contribution in [-0.4, -0.2) is 88.6 Å². The van der Waals surface area contributed by atoms with E-state index >= 15 is 0 Å². The van der Waals surface area contributed by atoms with Crippen LogP contribution in [0.2, 0.25) is 0 Å². The van der Waals surface area contributed by atoms with E-state index in [4.69, 9.17) is 9.26 Å². The maximum atomic E-state index is 12.6. The van der Waals surface area contributed by atoms with Crippen molar-refractivity contribution in [2.24, 2.45) is 0 Å². The molecule has 0 saturated carbocycles. The summed E-state index contributed by atoms with van der Waals surface area (Å²) in [5.41, 5.74) is 0. The lowest BCUT2D eigenvalue weighted by molar-refractivity contribution is -0.142. The Bertz CT molecular complexity index is 626. The maximum Gasteiger partial charge on any atom is 0.257 e. The van der Waals surface area contributed by atoms with Crippen LogP contribution in [0.5, 0.6) is 0 Å².